The molecule has 1 amide bonds. The number of amides is 1. The average molecular weight is 476 g/mol. The summed E-state index contributed by atoms with van der Waals surface area (Å²) in [5.74, 6) is -0.268. The number of allylic oxidation sites excluding steroid dienone is 3. The summed E-state index contributed by atoms with van der Waals surface area (Å²) < 4.78 is 10.7. The van der Waals surface area contributed by atoms with E-state index in [2.05, 4.69) is 15.6 Å². The van der Waals surface area contributed by atoms with Crippen LogP contribution in [0, 0.1) is 6.92 Å². The molecule has 8 heteroatoms. The minimum atomic E-state index is -0.579. The zero-order chi connectivity index (χ0) is 25.1. The number of aromatic nitrogens is 1. The summed E-state index contributed by atoms with van der Waals surface area (Å²) in [4.78, 5) is 42.5. The van der Waals surface area contributed by atoms with Crippen LogP contribution in [0.15, 0.2) is 59.1 Å². The van der Waals surface area contributed by atoms with Gasteiger partial charge in [0.15, 0.2) is 5.78 Å². The quantitative estimate of drug-likeness (QED) is 0.607. The van der Waals surface area contributed by atoms with E-state index in [1.807, 2.05) is 32.0 Å². The number of ketones is 1. The molecule has 1 aliphatic heterocycles. The predicted octanol–water partition coefficient (Wildman–Crippen LogP) is 4.07. The first kappa shape index (κ1) is 24.2. The average Bonchev–Trinajstić information content (AvgIpc) is 2.83. The fourth-order valence-corrected chi connectivity index (χ4v) is 4.68. The van der Waals surface area contributed by atoms with Gasteiger partial charge in [0, 0.05) is 53.6 Å². The Bertz CT molecular complexity index is 1260. The van der Waals surface area contributed by atoms with Gasteiger partial charge in [-0.05, 0) is 56.0 Å². The lowest BCUT2D eigenvalue weighted by atomic mass is 9.74. The lowest BCUT2D eigenvalue weighted by Gasteiger charge is -2.34. The van der Waals surface area contributed by atoms with Crippen LogP contribution >= 0.6 is 0 Å². The molecule has 1 aromatic carbocycles. The SMILES string of the molecule is COc1ccc([C@H]2C(C(=O)Nc3ncccc3C)=C(C)NC3=C2C(=O)CCC3)cc1COC(C)=O. The van der Waals surface area contributed by atoms with Crippen molar-refractivity contribution in [3.8, 4) is 5.75 Å². The van der Waals surface area contributed by atoms with E-state index >= 15 is 0 Å². The van der Waals surface area contributed by atoms with Crippen LogP contribution in [0.25, 0.3) is 0 Å². The molecule has 0 saturated heterocycles. The number of carbonyl (C=O) groups is 3. The number of nitrogens with one attached hydrogen (secondary N) is 2. The summed E-state index contributed by atoms with van der Waals surface area (Å²) in [6.45, 7) is 5.08. The lowest BCUT2D eigenvalue weighted by Crippen LogP contribution is -2.35. The molecule has 0 fully saturated rings. The number of hydrogen-bond acceptors (Lipinski definition) is 7. The predicted molar refractivity (Wildman–Crippen MR) is 131 cm³/mol. The summed E-state index contributed by atoms with van der Waals surface area (Å²) in [6, 6.07) is 9.15. The summed E-state index contributed by atoms with van der Waals surface area (Å²) in [7, 11) is 1.54. The fourth-order valence-electron chi connectivity index (χ4n) is 4.68. The standard InChI is InChI=1S/C27H29N3O5/c1-15-7-6-12-28-26(15)30-27(33)23-16(2)29-20-8-5-9-21(32)25(20)24(23)18-10-11-22(34-4)19(13-18)14-35-17(3)31/h6-7,10-13,24,29H,5,8-9,14H2,1-4H3,(H,28,30,33)/t24-/m0/s1. The maximum Gasteiger partial charge on any atom is 0.302 e. The molecule has 2 heterocycles. The molecule has 1 aliphatic carbocycles. The number of pyridine rings is 1. The van der Waals surface area contributed by atoms with Crippen LogP contribution < -0.4 is 15.4 Å². The van der Waals surface area contributed by atoms with Gasteiger partial charge in [0.2, 0.25) is 0 Å². The number of benzene rings is 1. The van der Waals surface area contributed by atoms with Crippen molar-refractivity contribution in [2.24, 2.45) is 0 Å². The van der Waals surface area contributed by atoms with Gasteiger partial charge in [-0.2, -0.15) is 0 Å². The number of rotatable bonds is 6. The van der Waals surface area contributed by atoms with Gasteiger partial charge in [-0.25, -0.2) is 4.98 Å². The molecule has 0 spiro atoms. The number of anilines is 1. The largest absolute Gasteiger partial charge is 0.496 e. The molecule has 35 heavy (non-hydrogen) atoms. The molecule has 2 aromatic rings. The van der Waals surface area contributed by atoms with E-state index in [1.165, 1.54) is 6.92 Å². The number of nitrogens with zero attached hydrogens (tertiary/aromatic N) is 1. The number of hydrogen-bond donors (Lipinski definition) is 2. The molecule has 1 atom stereocenters. The summed E-state index contributed by atoms with van der Waals surface area (Å²) in [5.41, 5.74) is 4.84. The van der Waals surface area contributed by atoms with Gasteiger partial charge in [0.05, 0.1) is 7.11 Å². The molecule has 1 aromatic heterocycles. The fraction of sp³-hybridized carbons (Fsp3) is 0.333. The lowest BCUT2D eigenvalue weighted by molar-refractivity contribution is -0.142. The number of dihydropyridines is 1. The number of ether oxygens (including phenoxy) is 2. The second-order valence-corrected chi connectivity index (χ2v) is 8.74. The van der Waals surface area contributed by atoms with E-state index in [1.54, 1.807) is 25.4 Å². The van der Waals surface area contributed by atoms with Gasteiger partial charge in [-0.3, -0.25) is 14.4 Å². The molecule has 0 unspecified atom stereocenters. The third-order valence-corrected chi connectivity index (χ3v) is 6.33. The third-order valence-electron chi connectivity index (χ3n) is 6.33. The highest BCUT2D eigenvalue weighted by Crippen LogP contribution is 2.43. The van der Waals surface area contributed by atoms with E-state index < -0.39 is 11.9 Å². The first-order valence-electron chi connectivity index (χ1n) is 11.6. The molecule has 4 rings (SSSR count). The molecule has 0 radical (unpaired) electrons. The zero-order valence-corrected chi connectivity index (χ0v) is 20.4. The van der Waals surface area contributed by atoms with Crippen LogP contribution in [-0.4, -0.2) is 29.8 Å². The highest BCUT2D eigenvalue weighted by atomic mass is 16.5. The number of esters is 1. The number of aryl methyl sites for hydroxylation is 1. The van der Waals surface area contributed by atoms with Gasteiger partial charge in [-0.1, -0.05) is 12.1 Å². The van der Waals surface area contributed by atoms with Crippen LogP contribution in [-0.2, 0) is 25.7 Å². The summed E-state index contributed by atoms with van der Waals surface area (Å²) in [6.07, 6.45) is 3.55. The zero-order valence-electron chi connectivity index (χ0n) is 20.4. The van der Waals surface area contributed by atoms with Crippen molar-refractivity contribution in [2.45, 2.75) is 52.6 Å². The highest BCUT2D eigenvalue weighted by Gasteiger charge is 2.38. The molecular formula is C27H29N3O5. The first-order valence-corrected chi connectivity index (χ1v) is 11.6. The number of methoxy groups -OCH3 is 1. The molecule has 0 bridgehead atoms. The Labute approximate surface area is 204 Å². The molecule has 0 saturated carbocycles. The summed E-state index contributed by atoms with van der Waals surface area (Å²) in [5, 5.41) is 6.24. The van der Waals surface area contributed by atoms with E-state index in [0.29, 0.717) is 40.4 Å². The van der Waals surface area contributed by atoms with Crippen molar-refractivity contribution in [3.05, 3.63) is 75.8 Å². The van der Waals surface area contributed by atoms with Crippen molar-refractivity contribution in [1.29, 1.82) is 0 Å². The minimum Gasteiger partial charge on any atom is -0.496 e. The van der Waals surface area contributed by atoms with Crippen LogP contribution in [0.5, 0.6) is 5.75 Å². The summed E-state index contributed by atoms with van der Waals surface area (Å²) >= 11 is 0. The van der Waals surface area contributed by atoms with Gasteiger partial charge < -0.3 is 20.1 Å². The van der Waals surface area contributed by atoms with Crippen LogP contribution in [0.2, 0.25) is 0 Å². The molecule has 2 N–H and O–H groups in total. The molecule has 182 valence electrons. The maximum atomic E-state index is 13.6. The van der Waals surface area contributed by atoms with E-state index in [0.717, 1.165) is 29.7 Å². The number of carbonyl (C=O) groups excluding carboxylic acids is 3. The Kier molecular flexibility index (Phi) is 7.00. The van der Waals surface area contributed by atoms with Gasteiger partial charge in [0.25, 0.3) is 5.91 Å². The second kappa shape index (κ2) is 10.1. The van der Waals surface area contributed by atoms with Crippen molar-refractivity contribution in [1.82, 2.24) is 10.3 Å². The molecule has 8 nitrogen and oxygen atoms in total. The maximum absolute atomic E-state index is 13.6. The van der Waals surface area contributed by atoms with Gasteiger partial charge >= 0.3 is 5.97 Å². The first-order chi connectivity index (χ1) is 16.8. The highest BCUT2D eigenvalue weighted by molar-refractivity contribution is 6.09. The Morgan fingerprint density at radius 2 is 2.00 bits per heavy atom. The Morgan fingerprint density at radius 1 is 1.20 bits per heavy atom. The van der Waals surface area contributed by atoms with Crippen molar-refractivity contribution in [3.63, 3.8) is 0 Å². The van der Waals surface area contributed by atoms with E-state index in [9.17, 15) is 14.4 Å². The van der Waals surface area contributed by atoms with Crippen LogP contribution in [0.4, 0.5) is 5.82 Å². The minimum absolute atomic E-state index is 0.0212. The van der Waals surface area contributed by atoms with Crippen LogP contribution in [0.1, 0.15) is 55.7 Å². The van der Waals surface area contributed by atoms with Crippen molar-refractivity contribution in [2.75, 3.05) is 12.4 Å². The smallest absolute Gasteiger partial charge is 0.302 e. The Balaban J connectivity index is 1.81. The Hall–Kier alpha value is -3.94. The number of Topliss-reactive ketones (excluding diaryl/α,β-unsaturated/α-hetero) is 1. The monoisotopic (exact) mass is 475 g/mol. The van der Waals surface area contributed by atoms with E-state index in [-0.39, 0.29) is 18.3 Å². The van der Waals surface area contributed by atoms with Gasteiger partial charge in [-0.15, -0.1) is 0 Å². The second-order valence-electron chi connectivity index (χ2n) is 8.74. The van der Waals surface area contributed by atoms with Gasteiger partial charge in [0.1, 0.15) is 18.2 Å². The third kappa shape index (κ3) is 4.96. The van der Waals surface area contributed by atoms with Crippen LogP contribution in [0.3, 0.4) is 0 Å². The topological polar surface area (TPSA) is 107 Å². The van der Waals surface area contributed by atoms with Crippen molar-refractivity contribution < 1.29 is 23.9 Å². The Morgan fingerprint density at radius 3 is 2.71 bits per heavy atom. The normalized spacial score (nSPS) is 17.5. The van der Waals surface area contributed by atoms with Crippen molar-refractivity contribution >= 4 is 23.5 Å². The molecule has 2 aliphatic rings. The molecular weight excluding hydrogens is 446 g/mol. The van der Waals surface area contributed by atoms with E-state index in [4.69, 9.17) is 9.47 Å².